The molecule has 0 radical (unpaired) electrons. The minimum Gasteiger partial charge on any atom is -0.369 e. The number of amides is 3. The summed E-state index contributed by atoms with van der Waals surface area (Å²) in [5, 5.41) is 5.86. The zero-order chi connectivity index (χ0) is 29.6. The van der Waals surface area contributed by atoms with Gasteiger partial charge >= 0.3 is 6.03 Å². The van der Waals surface area contributed by atoms with E-state index in [-0.39, 0.29) is 40.1 Å². The van der Waals surface area contributed by atoms with Gasteiger partial charge in [-0.15, -0.1) is 0 Å². The van der Waals surface area contributed by atoms with Crippen LogP contribution < -0.4 is 20.3 Å². The van der Waals surface area contributed by atoms with Gasteiger partial charge in [0.2, 0.25) is 0 Å². The number of carbonyl (C=O) groups excluding carboxylic acids is 2. The second kappa shape index (κ2) is 12.6. The van der Waals surface area contributed by atoms with E-state index < -0.39 is 15.9 Å². The van der Waals surface area contributed by atoms with Gasteiger partial charge in [0.15, 0.2) is 0 Å². The summed E-state index contributed by atoms with van der Waals surface area (Å²) in [6.07, 6.45) is 0.691. The minimum absolute atomic E-state index is 0.104. The highest BCUT2D eigenvalue weighted by atomic mass is 32.2. The molecule has 9 nitrogen and oxygen atoms in total. The van der Waals surface area contributed by atoms with E-state index in [1.165, 1.54) is 30.3 Å². The van der Waals surface area contributed by atoms with E-state index >= 15 is 0 Å². The van der Waals surface area contributed by atoms with Crippen molar-refractivity contribution in [1.29, 1.82) is 0 Å². The van der Waals surface area contributed by atoms with Crippen LogP contribution in [0.15, 0.2) is 77.7 Å². The van der Waals surface area contributed by atoms with Gasteiger partial charge in [0.1, 0.15) is 5.82 Å². The van der Waals surface area contributed by atoms with Crippen molar-refractivity contribution in [2.45, 2.75) is 44.2 Å². The summed E-state index contributed by atoms with van der Waals surface area (Å²) >= 11 is 0. The minimum atomic E-state index is -3.87. The van der Waals surface area contributed by atoms with Crippen molar-refractivity contribution < 1.29 is 22.4 Å². The van der Waals surface area contributed by atoms with E-state index in [2.05, 4.69) is 15.4 Å². The van der Waals surface area contributed by atoms with Gasteiger partial charge in [-0.3, -0.25) is 9.52 Å². The van der Waals surface area contributed by atoms with Crippen LogP contribution in [0.4, 0.5) is 20.6 Å². The molecule has 3 aromatic rings. The normalized spacial score (nSPS) is 14.2. The summed E-state index contributed by atoms with van der Waals surface area (Å²) in [5.74, 6) is -0.774. The van der Waals surface area contributed by atoms with Crippen LogP contribution in [0.1, 0.15) is 43.1 Å². The van der Waals surface area contributed by atoms with Gasteiger partial charge in [0.05, 0.1) is 10.5 Å². The van der Waals surface area contributed by atoms with Crippen LogP contribution in [0, 0.1) is 5.82 Å². The molecule has 1 fully saturated rings. The molecule has 11 heteroatoms. The number of nitrogens with zero attached hydrogens (tertiary/aromatic N) is 2. The van der Waals surface area contributed by atoms with Crippen LogP contribution in [0.5, 0.6) is 0 Å². The summed E-state index contributed by atoms with van der Waals surface area (Å²) in [4.78, 5) is 30.2. The lowest BCUT2D eigenvalue weighted by molar-refractivity contribution is 0.0951. The molecule has 3 amide bonds. The van der Waals surface area contributed by atoms with Crippen molar-refractivity contribution in [3.05, 3.63) is 89.7 Å². The second-order valence-electron chi connectivity index (χ2n) is 11.0. The fourth-order valence-corrected chi connectivity index (χ4v) is 5.58. The van der Waals surface area contributed by atoms with Gasteiger partial charge in [-0.2, -0.15) is 0 Å². The molecule has 0 aliphatic carbocycles. The quantitative estimate of drug-likeness (QED) is 0.379. The average molecular weight is 582 g/mol. The summed E-state index contributed by atoms with van der Waals surface area (Å²) < 4.78 is 41.8. The summed E-state index contributed by atoms with van der Waals surface area (Å²) in [6.45, 7) is 8.08. The van der Waals surface area contributed by atoms with Crippen LogP contribution in [0.2, 0.25) is 0 Å². The number of benzene rings is 3. The van der Waals surface area contributed by atoms with Crippen molar-refractivity contribution in [1.82, 2.24) is 15.5 Å². The van der Waals surface area contributed by atoms with Gasteiger partial charge in [0, 0.05) is 49.6 Å². The first kappa shape index (κ1) is 29.9. The standard InChI is InChI=1S/C30H36FN5O4S/c1-30(2,3)33-29(38)36-17-7-16-35(18-19-36)27-15-14-24(34-41(39,40)25-8-5-4-6-9-25)20-26(27)28(37)32-21-22-10-12-23(31)13-11-22/h4-6,8-15,20,34H,7,16-19,21H2,1-3H3,(H,32,37)(H,33,38). The highest BCUT2D eigenvalue weighted by molar-refractivity contribution is 7.92. The Morgan fingerprint density at radius 1 is 0.902 bits per heavy atom. The molecule has 0 bridgehead atoms. The number of hydrogen-bond acceptors (Lipinski definition) is 5. The maximum absolute atomic E-state index is 13.5. The molecule has 1 aliphatic heterocycles. The molecule has 1 aliphatic rings. The predicted molar refractivity (Wildman–Crippen MR) is 158 cm³/mol. The largest absolute Gasteiger partial charge is 0.369 e. The van der Waals surface area contributed by atoms with Crippen molar-refractivity contribution in [2.75, 3.05) is 35.8 Å². The van der Waals surface area contributed by atoms with Crippen LogP contribution in [-0.4, -0.2) is 57.0 Å². The third-order valence-electron chi connectivity index (χ3n) is 6.52. The maximum atomic E-state index is 13.5. The first-order chi connectivity index (χ1) is 19.4. The number of sulfonamides is 1. The van der Waals surface area contributed by atoms with Crippen LogP contribution >= 0.6 is 0 Å². The number of anilines is 2. The molecule has 0 unspecified atom stereocenters. The average Bonchev–Trinajstić information content (AvgIpc) is 3.18. The lowest BCUT2D eigenvalue weighted by atomic mass is 10.1. The van der Waals surface area contributed by atoms with Crippen LogP contribution in [0.25, 0.3) is 0 Å². The lowest BCUT2D eigenvalue weighted by Gasteiger charge is -2.28. The molecule has 1 heterocycles. The van der Waals surface area contributed by atoms with Crippen LogP contribution in [-0.2, 0) is 16.6 Å². The van der Waals surface area contributed by atoms with Gasteiger partial charge < -0.3 is 20.4 Å². The zero-order valence-electron chi connectivity index (χ0n) is 23.5. The molecule has 0 aromatic heterocycles. The third kappa shape index (κ3) is 8.20. The molecule has 3 N–H and O–H groups in total. The van der Waals surface area contributed by atoms with E-state index in [4.69, 9.17) is 0 Å². The molecule has 218 valence electrons. The Hall–Kier alpha value is -4.12. The van der Waals surface area contributed by atoms with Crippen LogP contribution in [0.3, 0.4) is 0 Å². The molecule has 4 rings (SSSR count). The first-order valence-corrected chi connectivity index (χ1v) is 15.0. The Morgan fingerprint density at radius 3 is 2.29 bits per heavy atom. The van der Waals surface area contributed by atoms with E-state index in [1.807, 2.05) is 25.7 Å². The molecule has 3 aromatic carbocycles. The Labute approximate surface area is 240 Å². The molecule has 0 spiro atoms. The van der Waals surface area contributed by atoms with E-state index in [9.17, 15) is 22.4 Å². The van der Waals surface area contributed by atoms with Gasteiger partial charge in [-0.05, 0) is 75.2 Å². The number of halogens is 1. The highest BCUT2D eigenvalue weighted by Crippen LogP contribution is 2.27. The Kier molecular flexibility index (Phi) is 9.17. The smallest absolute Gasteiger partial charge is 0.317 e. The van der Waals surface area contributed by atoms with E-state index in [0.717, 1.165) is 5.56 Å². The van der Waals surface area contributed by atoms with Gasteiger partial charge in [-0.25, -0.2) is 17.6 Å². The van der Waals surface area contributed by atoms with E-state index in [1.54, 1.807) is 47.4 Å². The van der Waals surface area contributed by atoms with Crippen molar-refractivity contribution in [3.8, 4) is 0 Å². The molecule has 0 saturated carbocycles. The SMILES string of the molecule is CC(C)(C)NC(=O)N1CCCN(c2ccc(NS(=O)(=O)c3ccccc3)cc2C(=O)NCc2ccc(F)cc2)CC1. The number of hydrogen-bond donors (Lipinski definition) is 3. The van der Waals surface area contributed by atoms with Gasteiger partial charge in [-0.1, -0.05) is 30.3 Å². The Balaban J connectivity index is 1.58. The Morgan fingerprint density at radius 2 is 1.61 bits per heavy atom. The number of rotatable bonds is 7. The van der Waals surface area contributed by atoms with Gasteiger partial charge in [0.25, 0.3) is 15.9 Å². The molecule has 1 saturated heterocycles. The third-order valence-corrected chi connectivity index (χ3v) is 7.92. The molecule has 0 atom stereocenters. The second-order valence-corrected chi connectivity index (χ2v) is 12.6. The molecular weight excluding hydrogens is 545 g/mol. The maximum Gasteiger partial charge on any atom is 0.317 e. The van der Waals surface area contributed by atoms with Crippen molar-refractivity contribution in [3.63, 3.8) is 0 Å². The van der Waals surface area contributed by atoms with Crippen molar-refractivity contribution in [2.24, 2.45) is 0 Å². The number of nitrogens with one attached hydrogen (secondary N) is 3. The monoisotopic (exact) mass is 581 g/mol. The topological polar surface area (TPSA) is 111 Å². The molecule has 41 heavy (non-hydrogen) atoms. The number of carbonyl (C=O) groups is 2. The first-order valence-electron chi connectivity index (χ1n) is 13.5. The summed E-state index contributed by atoms with van der Waals surface area (Å²) in [5.41, 5.74) is 1.51. The fraction of sp³-hybridized carbons (Fsp3) is 0.333. The number of urea groups is 1. The molecular formula is C30H36FN5O4S. The lowest BCUT2D eigenvalue weighted by Crippen LogP contribution is -2.49. The predicted octanol–water partition coefficient (Wildman–Crippen LogP) is 4.58. The fourth-order valence-electron chi connectivity index (χ4n) is 4.51. The Bertz CT molecular complexity index is 1470. The summed E-state index contributed by atoms with van der Waals surface area (Å²) in [6, 6.07) is 18.5. The van der Waals surface area contributed by atoms with E-state index in [0.29, 0.717) is 38.3 Å². The summed E-state index contributed by atoms with van der Waals surface area (Å²) in [7, 11) is -3.87. The van der Waals surface area contributed by atoms with Crippen molar-refractivity contribution >= 4 is 33.3 Å². The zero-order valence-corrected chi connectivity index (χ0v) is 24.3. The highest BCUT2D eigenvalue weighted by Gasteiger charge is 2.25.